The molecule has 1 rings (SSSR count). The number of carbonyl (C=O) groups is 1. The second-order valence-corrected chi connectivity index (χ2v) is 4.85. The second-order valence-electron chi connectivity index (χ2n) is 4.43. The number of carbonyl (C=O) groups excluding carboxylic acids is 1. The molecule has 1 unspecified atom stereocenters. The molecule has 0 radical (unpaired) electrons. The molecule has 0 saturated carbocycles. The highest BCUT2D eigenvalue weighted by molar-refractivity contribution is 6.63. The number of alkyl halides is 3. The van der Waals surface area contributed by atoms with Crippen molar-refractivity contribution in [1.29, 1.82) is 0 Å². The van der Waals surface area contributed by atoms with E-state index in [1.54, 1.807) is 0 Å². The molecule has 0 N–H and O–H groups in total. The summed E-state index contributed by atoms with van der Waals surface area (Å²) < 4.78 is 46.9. The van der Waals surface area contributed by atoms with Crippen LogP contribution in [0.4, 0.5) is 13.2 Å². The molecule has 0 bridgehead atoms. The summed E-state index contributed by atoms with van der Waals surface area (Å²) in [6, 6.07) is 9.36. The SMILES string of the molecule is O=C(Cl)COC(/C=C/C(F)(F)F)CCOCc1ccccc1. The third-order valence-electron chi connectivity index (χ3n) is 2.57. The van der Waals surface area contributed by atoms with Gasteiger partial charge in [-0.25, -0.2) is 0 Å². The number of hydrogen-bond acceptors (Lipinski definition) is 3. The van der Waals surface area contributed by atoms with Gasteiger partial charge in [0.15, 0.2) is 0 Å². The van der Waals surface area contributed by atoms with Gasteiger partial charge in [-0.3, -0.25) is 4.79 Å². The van der Waals surface area contributed by atoms with E-state index in [1.807, 2.05) is 30.3 Å². The van der Waals surface area contributed by atoms with E-state index in [1.165, 1.54) is 0 Å². The van der Waals surface area contributed by atoms with Crippen LogP contribution in [0.1, 0.15) is 12.0 Å². The summed E-state index contributed by atoms with van der Waals surface area (Å²) in [6.45, 7) is 0.0936. The van der Waals surface area contributed by atoms with E-state index >= 15 is 0 Å². The van der Waals surface area contributed by atoms with Crippen LogP contribution in [0.25, 0.3) is 0 Å². The summed E-state index contributed by atoms with van der Waals surface area (Å²) in [5.74, 6) is 0. The lowest BCUT2D eigenvalue weighted by Gasteiger charge is -2.13. The van der Waals surface area contributed by atoms with E-state index in [0.717, 1.165) is 11.6 Å². The van der Waals surface area contributed by atoms with Crippen LogP contribution in [0, 0.1) is 0 Å². The third kappa shape index (κ3) is 9.55. The lowest BCUT2D eigenvalue weighted by atomic mass is 10.2. The zero-order valence-electron chi connectivity index (χ0n) is 11.7. The average Bonchev–Trinajstić information content (AvgIpc) is 2.45. The zero-order chi connectivity index (χ0) is 16.4. The Labute approximate surface area is 131 Å². The average molecular weight is 337 g/mol. The second kappa shape index (κ2) is 9.61. The number of ether oxygens (including phenoxy) is 2. The Hall–Kier alpha value is -1.37. The largest absolute Gasteiger partial charge is 0.409 e. The van der Waals surface area contributed by atoms with Crippen LogP contribution in [-0.4, -0.2) is 30.7 Å². The van der Waals surface area contributed by atoms with Crippen molar-refractivity contribution in [2.45, 2.75) is 25.3 Å². The van der Waals surface area contributed by atoms with Crippen LogP contribution in [-0.2, 0) is 20.9 Å². The van der Waals surface area contributed by atoms with Gasteiger partial charge < -0.3 is 9.47 Å². The molecule has 0 spiro atoms. The number of rotatable bonds is 9. The van der Waals surface area contributed by atoms with Gasteiger partial charge in [0.2, 0.25) is 5.24 Å². The Bertz CT molecular complexity index is 475. The summed E-state index contributed by atoms with van der Waals surface area (Å²) in [4.78, 5) is 10.6. The highest BCUT2D eigenvalue weighted by atomic mass is 35.5. The highest BCUT2D eigenvalue weighted by Crippen LogP contribution is 2.17. The van der Waals surface area contributed by atoms with Crippen LogP contribution >= 0.6 is 11.6 Å². The quantitative estimate of drug-likeness (QED) is 0.390. The molecule has 1 aromatic carbocycles. The lowest BCUT2D eigenvalue weighted by molar-refractivity contribution is -0.117. The molecule has 0 aliphatic rings. The predicted octanol–water partition coefficient (Wildman–Crippen LogP) is 3.86. The van der Waals surface area contributed by atoms with E-state index in [9.17, 15) is 18.0 Å². The van der Waals surface area contributed by atoms with Crippen molar-refractivity contribution >= 4 is 16.8 Å². The van der Waals surface area contributed by atoms with Gasteiger partial charge in [-0.05, 0) is 17.2 Å². The fourth-order valence-electron chi connectivity index (χ4n) is 1.59. The van der Waals surface area contributed by atoms with Crippen molar-refractivity contribution in [2.24, 2.45) is 0 Å². The first-order chi connectivity index (χ1) is 10.4. The minimum absolute atomic E-state index is 0.0770. The van der Waals surface area contributed by atoms with Crippen LogP contribution in [0.2, 0.25) is 0 Å². The molecule has 7 heteroatoms. The molecule has 0 heterocycles. The molecule has 0 saturated heterocycles. The van der Waals surface area contributed by atoms with Gasteiger partial charge in [-0.2, -0.15) is 13.2 Å². The molecule has 3 nitrogen and oxygen atoms in total. The van der Waals surface area contributed by atoms with E-state index in [0.29, 0.717) is 6.61 Å². The first-order valence-corrected chi connectivity index (χ1v) is 6.92. The summed E-state index contributed by atoms with van der Waals surface area (Å²) in [6.07, 6.45) is -4.21. The van der Waals surface area contributed by atoms with Crippen LogP contribution in [0.3, 0.4) is 0 Å². The van der Waals surface area contributed by atoms with Crippen LogP contribution in [0.5, 0.6) is 0 Å². The summed E-state index contributed by atoms with van der Waals surface area (Å²) >= 11 is 5.11. The molecule has 0 aliphatic carbocycles. The van der Waals surface area contributed by atoms with Gasteiger partial charge in [0.1, 0.15) is 6.61 Å². The number of hydrogen-bond donors (Lipinski definition) is 0. The van der Waals surface area contributed by atoms with Gasteiger partial charge in [0, 0.05) is 19.1 Å². The van der Waals surface area contributed by atoms with Crippen LogP contribution in [0.15, 0.2) is 42.5 Å². The first kappa shape index (κ1) is 18.7. The topological polar surface area (TPSA) is 35.5 Å². The maximum absolute atomic E-state index is 12.2. The minimum Gasteiger partial charge on any atom is -0.377 e. The predicted molar refractivity (Wildman–Crippen MR) is 76.5 cm³/mol. The van der Waals surface area contributed by atoms with Gasteiger partial charge in [0.25, 0.3) is 0 Å². The molecule has 0 aromatic heterocycles. The first-order valence-electron chi connectivity index (χ1n) is 6.54. The van der Waals surface area contributed by atoms with E-state index in [-0.39, 0.29) is 19.1 Å². The highest BCUT2D eigenvalue weighted by Gasteiger charge is 2.23. The van der Waals surface area contributed by atoms with Gasteiger partial charge in [-0.15, -0.1) is 0 Å². The fourth-order valence-corrected chi connectivity index (χ4v) is 1.65. The smallest absolute Gasteiger partial charge is 0.377 e. The summed E-state index contributed by atoms with van der Waals surface area (Å²) in [5, 5.41) is -0.768. The van der Waals surface area contributed by atoms with Crippen molar-refractivity contribution < 1.29 is 27.4 Å². The van der Waals surface area contributed by atoms with Crippen molar-refractivity contribution in [2.75, 3.05) is 13.2 Å². The van der Waals surface area contributed by atoms with E-state index < -0.39 is 24.1 Å². The van der Waals surface area contributed by atoms with E-state index in [2.05, 4.69) is 0 Å². The minimum atomic E-state index is -4.43. The Balaban J connectivity index is 2.39. The van der Waals surface area contributed by atoms with Crippen molar-refractivity contribution in [3.63, 3.8) is 0 Å². The normalized spacial score (nSPS) is 13.5. The monoisotopic (exact) mass is 336 g/mol. The number of benzene rings is 1. The molecule has 1 atom stereocenters. The van der Waals surface area contributed by atoms with Crippen LogP contribution < -0.4 is 0 Å². The molecule has 0 fully saturated rings. The maximum atomic E-state index is 12.2. The van der Waals surface area contributed by atoms with Gasteiger partial charge >= 0.3 is 6.18 Å². The molecule has 1 aromatic rings. The molecule has 0 amide bonds. The van der Waals surface area contributed by atoms with E-state index in [4.69, 9.17) is 21.1 Å². The number of halogens is 4. The molecule has 0 aliphatic heterocycles. The molecule has 22 heavy (non-hydrogen) atoms. The Morgan fingerprint density at radius 2 is 1.95 bits per heavy atom. The Morgan fingerprint density at radius 1 is 1.27 bits per heavy atom. The summed E-state index contributed by atoms with van der Waals surface area (Å²) in [7, 11) is 0. The zero-order valence-corrected chi connectivity index (χ0v) is 12.4. The lowest BCUT2D eigenvalue weighted by Crippen LogP contribution is -2.17. The van der Waals surface area contributed by atoms with Gasteiger partial charge in [0.05, 0.1) is 12.7 Å². The molecule has 122 valence electrons. The maximum Gasteiger partial charge on any atom is 0.409 e. The van der Waals surface area contributed by atoms with Gasteiger partial charge in [-0.1, -0.05) is 36.4 Å². The Kier molecular flexibility index (Phi) is 8.16. The molecular formula is C15H16ClF3O3. The third-order valence-corrected chi connectivity index (χ3v) is 2.68. The Morgan fingerprint density at radius 3 is 2.55 bits per heavy atom. The van der Waals surface area contributed by atoms with Crippen molar-refractivity contribution in [1.82, 2.24) is 0 Å². The van der Waals surface area contributed by atoms with Crippen molar-refractivity contribution in [3.05, 3.63) is 48.0 Å². The summed E-state index contributed by atoms with van der Waals surface area (Å²) in [5.41, 5.74) is 0.960. The van der Waals surface area contributed by atoms with Crippen molar-refractivity contribution in [3.8, 4) is 0 Å². The standard InChI is InChI=1S/C15H16ClF3O3/c16-14(20)11-22-13(6-8-15(17,18)19)7-9-21-10-12-4-2-1-3-5-12/h1-6,8,13H,7,9-11H2/b8-6+. The number of allylic oxidation sites excluding steroid dienone is 1. The fraction of sp³-hybridized carbons (Fsp3) is 0.400. The molecular weight excluding hydrogens is 321 g/mol.